The Balaban J connectivity index is 1.54. The lowest BCUT2D eigenvalue weighted by Crippen LogP contribution is -2.54. The van der Waals surface area contributed by atoms with Gasteiger partial charge in [0.05, 0.1) is 24.4 Å². The lowest BCUT2D eigenvalue weighted by atomic mass is 10.1. The van der Waals surface area contributed by atoms with Crippen molar-refractivity contribution in [3.05, 3.63) is 82.6 Å². The number of methoxy groups -OCH3 is 1. The van der Waals surface area contributed by atoms with Crippen LogP contribution >= 0.6 is 11.6 Å². The summed E-state index contributed by atoms with van der Waals surface area (Å²) in [6.45, 7) is 1.84. The number of barbiturate groups is 1. The number of amides is 5. The van der Waals surface area contributed by atoms with Crippen LogP contribution in [-0.2, 0) is 14.4 Å². The fourth-order valence-electron chi connectivity index (χ4n) is 3.75. The summed E-state index contributed by atoms with van der Waals surface area (Å²) < 4.78 is 29.3. The van der Waals surface area contributed by atoms with Gasteiger partial charge in [-0.2, -0.15) is 0 Å². The van der Waals surface area contributed by atoms with Crippen LogP contribution in [0.25, 0.3) is 6.08 Å². The van der Waals surface area contributed by atoms with Crippen molar-refractivity contribution in [1.29, 1.82) is 0 Å². The third-order valence-electron chi connectivity index (χ3n) is 5.55. The Morgan fingerprint density at radius 2 is 1.75 bits per heavy atom. The minimum atomic E-state index is -0.894. The molecule has 1 aliphatic rings. The zero-order chi connectivity index (χ0) is 28.8. The third kappa shape index (κ3) is 6.38. The predicted molar refractivity (Wildman–Crippen MR) is 145 cm³/mol. The van der Waals surface area contributed by atoms with Crippen molar-refractivity contribution in [3.63, 3.8) is 0 Å². The van der Waals surface area contributed by atoms with Crippen molar-refractivity contribution in [2.24, 2.45) is 0 Å². The van der Waals surface area contributed by atoms with E-state index < -0.39 is 36.2 Å². The average Bonchev–Trinajstić information content (AvgIpc) is 2.92. The van der Waals surface area contributed by atoms with E-state index in [0.717, 1.165) is 4.90 Å². The number of halogens is 2. The summed E-state index contributed by atoms with van der Waals surface area (Å²) in [7, 11) is 1.35. The van der Waals surface area contributed by atoms with Gasteiger partial charge < -0.3 is 19.5 Å². The van der Waals surface area contributed by atoms with Gasteiger partial charge in [0.25, 0.3) is 17.7 Å². The van der Waals surface area contributed by atoms with Crippen molar-refractivity contribution in [1.82, 2.24) is 5.32 Å². The van der Waals surface area contributed by atoms with Gasteiger partial charge in [0.15, 0.2) is 18.1 Å². The Morgan fingerprint density at radius 1 is 1.05 bits per heavy atom. The molecule has 0 aliphatic carbocycles. The molecule has 0 atom stereocenters. The molecule has 3 aromatic carbocycles. The minimum Gasteiger partial charge on any atom is -0.494 e. The first-order valence-electron chi connectivity index (χ1n) is 11.9. The minimum absolute atomic E-state index is 0.0314. The molecule has 40 heavy (non-hydrogen) atoms. The smallest absolute Gasteiger partial charge is 0.335 e. The van der Waals surface area contributed by atoms with Gasteiger partial charge in [-0.1, -0.05) is 11.6 Å². The number of hydrogen-bond acceptors (Lipinski definition) is 7. The Labute approximate surface area is 233 Å². The molecule has 10 nitrogen and oxygen atoms in total. The van der Waals surface area contributed by atoms with E-state index in [-0.39, 0.29) is 27.8 Å². The number of carbonyl (C=O) groups excluding carboxylic acids is 4. The van der Waals surface area contributed by atoms with E-state index in [0.29, 0.717) is 23.6 Å². The van der Waals surface area contributed by atoms with Gasteiger partial charge in [-0.15, -0.1) is 0 Å². The van der Waals surface area contributed by atoms with Crippen LogP contribution in [-0.4, -0.2) is 44.1 Å². The van der Waals surface area contributed by atoms with E-state index in [2.05, 4.69) is 10.6 Å². The highest BCUT2D eigenvalue weighted by atomic mass is 35.5. The molecule has 0 aromatic heterocycles. The quantitative estimate of drug-likeness (QED) is 0.287. The van der Waals surface area contributed by atoms with Crippen LogP contribution in [0.15, 0.2) is 66.2 Å². The van der Waals surface area contributed by atoms with Crippen LogP contribution in [0.5, 0.6) is 17.2 Å². The fraction of sp³-hybridized carbons (Fsp3) is 0.143. The molecule has 0 bridgehead atoms. The zero-order valence-corrected chi connectivity index (χ0v) is 22.1. The summed E-state index contributed by atoms with van der Waals surface area (Å²) in [5.74, 6) is -1.97. The van der Waals surface area contributed by atoms with E-state index in [1.54, 1.807) is 12.1 Å². The maximum atomic E-state index is 13.2. The molecule has 4 rings (SSSR count). The van der Waals surface area contributed by atoms with Crippen LogP contribution in [0.4, 0.5) is 20.6 Å². The predicted octanol–water partition coefficient (Wildman–Crippen LogP) is 4.57. The van der Waals surface area contributed by atoms with E-state index in [1.807, 2.05) is 6.92 Å². The molecule has 1 heterocycles. The molecule has 0 saturated carbocycles. The Bertz CT molecular complexity index is 1490. The van der Waals surface area contributed by atoms with E-state index >= 15 is 0 Å². The summed E-state index contributed by atoms with van der Waals surface area (Å²) in [5.41, 5.74) is 0.592. The van der Waals surface area contributed by atoms with Crippen LogP contribution in [0.3, 0.4) is 0 Å². The Morgan fingerprint density at radius 3 is 2.40 bits per heavy atom. The lowest BCUT2D eigenvalue weighted by molar-refractivity contribution is -0.122. The Hall–Kier alpha value is -4.90. The molecule has 1 saturated heterocycles. The number of imide groups is 2. The number of rotatable bonds is 9. The summed E-state index contributed by atoms with van der Waals surface area (Å²) in [4.78, 5) is 51.4. The molecule has 0 unspecified atom stereocenters. The van der Waals surface area contributed by atoms with Gasteiger partial charge in [0, 0.05) is 5.69 Å². The SMILES string of the molecule is CCOc1ccc(N2C(=O)NC(=O)/C(=C\c3cc(Cl)c(OCC(=O)Nc4ccc(F)cc4)c(OC)c3)C2=O)cc1. The van der Waals surface area contributed by atoms with Gasteiger partial charge in [-0.3, -0.25) is 19.7 Å². The van der Waals surface area contributed by atoms with Gasteiger partial charge in [-0.25, -0.2) is 14.1 Å². The monoisotopic (exact) mass is 567 g/mol. The number of nitrogens with one attached hydrogen (secondary N) is 2. The van der Waals surface area contributed by atoms with Crippen LogP contribution in [0.1, 0.15) is 12.5 Å². The number of ether oxygens (including phenoxy) is 3. The second kappa shape index (κ2) is 12.3. The number of hydrogen-bond donors (Lipinski definition) is 2. The molecule has 206 valence electrons. The number of anilines is 2. The lowest BCUT2D eigenvalue weighted by Gasteiger charge is -2.26. The second-order valence-electron chi connectivity index (χ2n) is 8.26. The largest absolute Gasteiger partial charge is 0.494 e. The van der Waals surface area contributed by atoms with Crippen molar-refractivity contribution in [2.45, 2.75) is 6.92 Å². The molecule has 3 aromatic rings. The summed E-state index contributed by atoms with van der Waals surface area (Å²) in [5, 5.41) is 4.74. The standard InChI is InChI=1S/C28H23ClFN3O7/c1-3-39-20-10-8-19(9-11-20)33-27(36)21(26(35)32-28(33)37)12-16-13-22(29)25(23(14-16)38-2)40-15-24(34)31-18-6-4-17(30)5-7-18/h4-14H,3,15H2,1-2H3,(H,31,34)(H,32,35,37)/b21-12+. The van der Waals surface area contributed by atoms with Gasteiger partial charge >= 0.3 is 6.03 Å². The number of urea groups is 1. The summed E-state index contributed by atoms with van der Waals surface area (Å²) in [6, 6.07) is 13.4. The number of benzene rings is 3. The maximum Gasteiger partial charge on any atom is 0.335 e. The van der Waals surface area contributed by atoms with E-state index in [1.165, 1.54) is 61.7 Å². The van der Waals surface area contributed by atoms with Gasteiger partial charge in [0.2, 0.25) is 0 Å². The van der Waals surface area contributed by atoms with Gasteiger partial charge in [-0.05, 0) is 79.2 Å². The topological polar surface area (TPSA) is 123 Å². The molecule has 1 aliphatic heterocycles. The molecule has 0 radical (unpaired) electrons. The highest BCUT2D eigenvalue weighted by Crippen LogP contribution is 2.37. The second-order valence-corrected chi connectivity index (χ2v) is 8.67. The first-order chi connectivity index (χ1) is 19.2. The van der Waals surface area contributed by atoms with Crippen LogP contribution in [0, 0.1) is 5.82 Å². The first-order valence-corrected chi connectivity index (χ1v) is 12.3. The van der Waals surface area contributed by atoms with Crippen molar-refractivity contribution in [3.8, 4) is 17.2 Å². The molecular formula is C28H23ClFN3O7. The Kier molecular flexibility index (Phi) is 8.65. The van der Waals surface area contributed by atoms with Gasteiger partial charge in [0.1, 0.15) is 17.1 Å². The first kappa shape index (κ1) is 28.1. The highest BCUT2D eigenvalue weighted by Gasteiger charge is 2.37. The molecule has 2 N–H and O–H groups in total. The van der Waals surface area contributed by atoms with E-state index in [4.69, 9.17) is 25.8 Å². The summed E-state index contributed by atoms with van der Waals surface area (Å²) in [6.07, 6.45) is 1.26. The number of nitrogens with zero attached hydrogens (tertiary/aromatic N) is 1. The van der Waals surface area contributed by atoms with Crippen LogP contribution < -0.4 is 29.7 Å². The maximum absolute atomic E-state index is 13.2. The van der Waals surface area contributed by atoms with E-state index in [9.17, 15) is 23.6 Å². The number of carbonyl (C=O) groups is 4. The zero-order valence-electron chi connectivity index (χ0n) is 21.3. The van der Waals surface area contributed by atoms with Crippen molar-refractivity contribution >= 4 is 52.8 Å². The third-order valence-corrected chi connectivity index (χ3v) is 5.83. The van der Waals surface area contributed by atoms with Crippen molar-refractivity contribution < 1.29 is 37.8 Å². The summed E-state index contributed by atoms with van der Waals surface area (Å²) >= 11 is 6.38. The van der Waals surface area contributed by atoms with Crippen molar-refractivity contribution in [2.75, 3.05) is 30.5 Å². The molecule has 5 amide bonds. The fourth-order valence-corrected chi connectivity index (χ4v) is 4.02. The molecule has 1 fully saturated rings. The molecular weight excluding hydrogens is 545 g/mol. The highest BCUT2D eigenvalue weighted by molar-refractivity contribution is 6.39. The average molecular weight is 568 g/mol. The molecule has 12 heteroatoms. The van der Waals surface area contributed by atoms with Crippen LogP contribution in [0.2, 0.25) is 5.02 Å². The normalized spacial score (nSPS) is 14.2. The molecule has 0 spiro atoms.